The number of hydrogen-bond donors (Lipinski definition) is 2. The van der Waals surface area contributed by atoms with Crippen LogP contribution in [0.25, 0.3) is 0 Å². The van der Waals surface area contributed by atoms with E-state index in [-0.39, 0.29) is 12.1 Å². The quantitative estimate of drug-likeness (QED) is 0.734. The summed E-state index contributed by atoms with van der Waals surface area (Å²) < 4.78 is 16.2. The number of hydrogen-bond acceptors (Lipinski definition) is 4. The molecule has 2 amide bonds. The summed E-state index contributed by atoms with van der Waals surface area (Å²) in [6.45, 7) is 8.48. The molecule has 0 spiro atoms. The summed E-state index contributed by atoms with van der Waals surface area (Å²) in [6, 6.07) is 10.8. The molecule has 0 heterocycles. The third-order valence-corrected chi connectivity index (χ3v) is 4.06. The summed E-state index contributed by atoms with van der Waals surface area (Å²) in [5.74, 6) is 1.92. The van der Waals surface area contributed by atoms with Crippen molar-refractivity contribution in [1.82, 2.24) is 5.32 Å². The lowest BCUT2D eigenvalue weighted by molar-refractivity contribution is 0.233. The molecule has 2 rings (SSSR count). The molecule has 0 unspecified atom stereocenters. The van der Waals surface area contributed by atoms with Crippen molar-refractivity contribution in [1.29, 1.82) is 0 Å². The molecule has 0 atom stereocenters. The number of ether oxygens (including phenoxy) is 3. The highest BCUT2D eigenvalue weighted by atomic mass is 16.5. The molecular weight excluding hydrogens is 344 g/mol. The normalized spacial score (nSPS) is 10.9. The summed E-state index contributed by atoms with van der Waals surface area (Å²) in [7, 11) is 3.10. The molecule has 0 aliphatic carbocycles. The Morgan fingerprint density at radius 1 is 1.00 bits per heavy atom. The second-order valence-electron chi connectivity index (χ2n) is 7.24. The minimum atomic E-state index is -0.397. The fourth-order valence-electron chi connectivity index (χ4n) is 2.61. The first-order chi connectivity index (χ1) is 12.7. The van der Waals surface area contributed by atoms with Crippen LogP contribution in [-0.4, -0.2) is 27.0 Å². The van der Waals surface area contributed by atoms with Crippen molar-refractivity contribution in [3.8, 4) is 17.2 Å². The van der Waals surface area contributed by atoms with E-state index in [1.54, 1.807) is 32.4 Å². The highest BCUT2D eigenvalue weighted by Crippen LogP contribution is 2.32. The Kier molecular flexibility index (Phi) is 6.55. The van der Waals surface area contributed by atoms with Gasteiger partial charge in [0, 0.05) is 6.07 Å². The van der Waals surface area contributed by atoms with Crippen LogP contribution in [-0.2, 0) is 5.41 Å². The fraction of sp³-hybridized carbons (Fsp3) is 0.381. The molecule has 6 heteroatoms. The molecule has 146 valence electrons. The number of urea groups is 1. The summed E-state index contributed by atoms with van der Waals surface area (Å²) in [5.41, 5.74) is 2.72. The van der Waals surface area contributed by atoms with Gasteiger partial charge in [0.05, 0.1) is 19.9 Å². The zero-order valence-electron chi connectivity index (χ0n) is 16.8. The summed E-state index contributed by atoms with van der Waals surface area (Å²) >= 11 is 0. The Morgan fingerprint density at radius 3 is 2.33 bits per heavy atom. The minimum absolute atomic E-state index is 0.0459. The highest BCUT2D eigenvalue weighted by molar-refractivity contribution is 5.91. The molecule has 0 fully saturated rings. The first kappa shape index (κ1) is 20.4. The van der Waals surface area contributed by atoms with Crippen molar-refractivity contribution in [2.24, 2.45) is 0 Å². The first-order valence-corrected chi connectivity index (χ1v) is 8.75. The lowest BCUT2D eigenvalue weighted by Crippen LogP contribution is -2.32. The molecule has 2 N–H and O–H groups in total. The predicted octanol–water partition coefficient (Wildman–Crippen LogP) is 4.47. The molecule has 2 aromatic carbocycles. The second-order valence-corrected chi connectivity index (χ2v) is 7.24. The van der Waals surface area contributed by atoms with E-state index < -0.39 is 6.03 Å². The van der Waals surface area contributed by atoms with Gasteiger partial charge in [-0.2, -0.15) is 0 Å². The number of methoxy groups -OCH3 is 2. The monoisotopic (exact) mass is 372 g/mol. The molecule has 27 heavy (non-hydrogen) atoms. The van der Waals surface area contributed by atoms with Gasteiger partial charge in [-0.1, -0.05) is 38.5 Å². The van der Waals surface area contributed by atoms with E-state index in [9.17, 15) is 4.79 Å². The standard InChI is InChI=1S/C21H28N2O4/c1-14-7-9-18(16(11-14)21(2,3)4)27-13-22-20(24)23-17-12-15(25-5)8-10-19(17)26-6/h7-12H,13H2,1-6H3,(H2,22,23,24). The van der Waals surface area contributed by atoms with Crippen LogP contribution in [0.1, 0.15) is 31.9 Å². The van der Waals surface area contributed by atoms with Gasteiger partial charge < -0.3 is 24.8 Å². The van der Waals surface area contributed by atoms with Crippen molar-refractivity contribution in [2.45, 2.75) is 33.1 Å². The van der Waals surface area contributed by atoms with Crippen LogP contribution in [0.2, 0.25) is 0 Å². The van der Waals surface area contributed by atoms with Gasteiger partial charge in [-0.3, -0.25) is 0 Å². The molecule has 0 saturated heterocycles. The van der Waals surface area contributed by atoms with Crippen molar-refractivity contribution in [3.63, 3.8) is 0 Å². The van der Waals surface area contributed by atoms with E-state index in [2.05, 4.69) is 37.5 Å². The number of aryl methyl sites for hydroxylation is 1. The first-order valence-electron chi connectivity index (χ1n) is 8.75. The molecule has 0 bridgehead atoms. The largest absolute Gasteiger partial charge is 0.497 e. The SMILES string of the molecule is COc1ccc(OC)c(NC(=O)NCOc2ccc(C)cc2C(C)(C)C)c1. The number of nitrogens with one attached hydrogen (secondary N) is 2. The average Bonchev–Trinajstić information content (AvgIpc) is 2.62. The van der Waals surface area contributed by atoms with Crippen molar-refractivity contribution in [2.75, 3.05) is 26.3 Å². The Morgan fingerprint density at radius 2 is 1.70 bits per heavy atom. The van der Waals surface area contributed by atoms with Crippen LogP contribution in [0.15, 0.2) is 36.4 Å². The lowest BCUT2D eigenvalue weighted by Gasteiger charge is -2.23. The summed E-state index contributed by atoms with van der Waals surface area (Å²) in [4.78, 5) is 12.2. The molecule has 0 saturated carbocycles. The Bertz CT molecular complexity index is 797. The van der Waals surface area contributed by atoms with E-state index in [1.807, 2.05) is 19.1 Å². The van der Waals surface area contributed by atoms with E-state index in [4.69, 9.17) is 14.2 Å². The van der Waals surface area contributed by atoms with E-state index >= 15 is 0 Å². The van der Waals surface area contributed by atoms with Gasteiger partial charge in [-0.05, 0) is 36.1 Å². The Balaban J connectivity index is 2.00. The zero-order valence-corrected chi connectivity index (χ0v) is 16.8. The van der Waals surface area contributed by atoms with Crippen LogP contribution < -0.4 is 24.8 Å². The van der Waals surface area contributed by atoms with Crippen LogP contribution in [0.3, 0.4) is 0 Å². The van der Waals surface area contributed by atoms with Crippen molar-refractivity contribution in [3.05, 3.63) is 47.5 Å². The van der Waals surface area contributed by atoms with Crippen LogP contribution in [0, 0.1) is 6.92 Å². The number of benzene rings is 2. The van der Waals surface area contributed by atoms with Crippen LogP contribution in [0.5, 0.6) is 17.2 Å². The van der Waals surface area contributed by atoms with Crippen LogP contribution in [0.4, 0.5) is 10.5 Å². The molecule has 2 aromatic rings. The van der Waals surface area contributed by atoms with E-state index in [0.717, 1.165) is 11.3 Å². The number of carbonyl (C=O) groups is 1. The molecular formula is C21H28N2O4. The molecule has 6 nitrogen and oxygen atoms in total. The molecule has 0 radical (unpaired) electrons. The van der Waals surface area contributed by atoms with Gasteiger partial charge >= 0.3 is 6.03 Å². The molecule has 0 aromatic heterocycles. The average molecular weight is 372 g/mol. The molecule has 0 aliphatic heterocycles. The third-order valence-electron chi connectivity index (χ3n) is 4.06. The summed E-state index contributed by atoms with van der Waals surface area (Å²) in [6.07, 6.45) is 0. The fourth-order valence-corrected chi connectivity index (χ4v) is 2.61. The van der Waals surface area contributed by atoms with Gasteiger partial charge in [-0.25, -0.2) is 4.79 Å². The minimum Gasteiger partial charge on any atom is -0.497 e. The maximum absolute atomic E-state index is 12.2. The smallest absolute Gasteiger partial charge is 0.321 e. The number of amides is 2. The topological polar surface area (TPSA) is 68.8 Å². The second kappa shape index (κ2) is 8.66. The maximum Gasteiger partial charge on any atom is 0.321 e. The van der Waals surface area contributed by atoms with E-state index in [1.165, 1.54) is 5.56 Å². The Hall–Kier alpha value is -2.89. The summed E-state index contributed by atoms with van der Waals surface area (Å²) in [5, 5.41) is 5.43. The lowest BCUT2D eigenvalue weighted by atomic mass is 9.85. The number of anilines is 1. The predicted molar refractivity (Wildman–Crippen MR) is 107 cm³/mol. The van der Waals surface area contributed by atoms with Gasteiger partial charge in [0.25, 0.3) is 0 Å². The van der Waals surface area contributed by atoms with E-state index in [0.29, 0.717) is 17.2 Å². The third kappa shape index (κ3) is 5.54. The Labute approximate surface area is 160 Å². The number of rotatable bonds is 6. The molecule has 0 aliphatic rings. The van der Waals surface area contributed by atoms with Crippen molar-refractivity contribution >= 4 is 11.7 Å². The van der Waals surface area contributed by atoms with Gasteiger partial charge in [-0.15, -0.1) is 0 Å². The van der Waals surface area contributed by atoms with Gasteiger partial charge in [0.1, 0.15) is 17.2 Å². The van der Waals surface area contributed by atoms with Gasteiger partial charge in [0.2, 0.25) is 0 Å². The number of carbonyl (C=O) groups excluding carboxylic acids is 1. The van der Waals surface area contributed by atoms with Crippen LogP contribution >= 0.6 is 0 Å². The van der Waals surface area contributed by atoms with Gasteiger partial charge in [0.15, 0.2) is 6.73 Å². The van der Waals surface area contributed by atoms with Crippen molar-refractivity contribution < 1.29 is 19.0 Å². The maximum atomic E-state index is 12.2. The zero-order chi connectivity index (χ0) is 20.0. The highest BCUT2D eigenvalue weighted by Gasteiger charge is 2.19.